The van der Waals surface area contributed by atoms with Gasteiger partial charge in [0.2, 0.25) is 0 Å². The van der Waals surface area contributed by atoms with E-state index in [-0.39, 0.29) is 30.0 Å². The summed E-state index contributed by atoms with van der Waals surface area (Å²) >= 11 is 0. The van der Waals surface area contributed by atoms with Gasteiger partial charge in [0.15, 0.2) is 12.4 Å². The van der Waals surface area contributed by atoms with Crippen molar-refractivity contribution in [2.45, 2.75) is 38.6 Å². The molecular formula is C21H24N2O5. The SMILES string of the molecule is COc1ccc(OCC(=O)NC(C)c2ccc3c(c2)CCCC3)c([N+](=O)[O-])c1. The first-order valence-electron chi connectivity index (χ1n) is 9.34. The lowest BCUT2D eigenvalue weighted by Crippen LogP contribution is -2.31. The van der Waals surface area contributed by atoms with Crippen LogP contribution in [0.3, 0.4) is 0 Å². The second-order valence-corrected chi connectivity index (χ2v) is 6.90. The van der Waals surface area contributed by atoms with Gasteiger partial charge in [-0.25, -0.2) is 0 Å². The summed E-state index contributed by atoms with van der Waals surface area (Å²) in [5.74, 6) is 0.0438. The molecule has 1 aliphatic carbocycles. The number of hydrogen-bond donors (Lipinski definition) is 1. The van der Waals surface area contributed by atoms with Crippen molar-refractivity contribution < 1.29 is 19.2 Å². The number of rotatable bonds is 7. The molecule has 1 amide bonds. The average Bonchev–Trinajstić information content (AvgIpc) is 2.71. The molecule has 148 valence electrons. The molecule has 0 spiro atoms. The van der Waals surface area contributed by atoms with E-state index in [4.69, 9.17) is 9.47 Å². The Kier molecular flexibility index (Phi) is 6.13. The summed E-state index contributed by atoms with van der Waals surface area (Å²) in [6.07, 6.45) is 4.62. The number of carbonyl (C=O) groups is 1. The minimum Gasteiger partial charge on any atom is -0.496 e. The minimum atomic E-state index is -0.564. The second kappa shape index (κ2) is 8.73. The largest absolute Gasteiger partial charge is 0.496 e. The van der Waals surface area contributed by atoms with E-state index in [9.17, 15) is 14.9 Å². The van der Waals surface area contributed by atoms with Crippen LogP contribution in [0.2, 0.25) is 0 Å². The summed E-state index contributed by atoms with van der Waals surface area (Å²) in [7, 11) is 1.43. The van der Waals surface area contributed by atoms with E-state index < -0.39 is 4.92 Å². The van der Waals surface area contributed by atoms with Gasteiger partial charge in [0.05, 0.1) is 24.1 Å². The highest BCUT2D eigenvalue weighted by molar-refractivity contribution is 5.78. The number of hydrogen-bond acceptors (Lipinski definition) is 5. The van der Waals surface area contributed by atoms with Gasteiger partial charge in [-0.15, -0.1) is 0 Å². The Morgan fingerprint density at radius 2 is 1.93 bits per heavy atom. The maximum absolute atomic E-state index is 12.3. The predicted octanol–water partition coefficient (Wildman–Crippen LogP) is 3.74. The third-order valence-electron chi connectivity index (χ3n) is 4.97. The number of nitrogens with one attached hydrogen (secondary N) is 1. The van der Waals surface area contributed by atoms with Crippen LogP contribution in [0.25, 0.3) is 0 Å². The van der Waals surface area contributed by atoms with Crippen LogP contribution >= 0.6 is 0 Å². The number of methoxy groups -OCH3 is 1. The zero-order valence-electron chi connectivity index (χ0n) is 16.1. The summed E-state index contributed by atoms with van der Waals surface area (Å²) < 4.78 is 10.4. The zero-order valence-corrected chi connectivity index (χ0v) is 16.1. The second-order valence-electron chi connectivity index (χ2n) is 6.90. The van der Waals surface area contributed by atoms with Crippen molar-refractivity contribution in [2.24, 2.45) is 0 Å². The number of benzene rings is 2. The fourth-order valence-electron chi connectivity index (χ4n) is 3.42. The molecule has 0 bridgehead atoms. The van der Waals surface area contributed by atoms with Gasteiger partial charge in [-0.05, 0) is 61.4 Å². The maximum atomic E-state index is 12.3. The van der Waals surface area contributed by atoms with Gasteiger partial charge in [0, 0.05) is 0 Å². The Labute approximate surface area is 163 Å². The lowest BCUT2D eigenvalue weighted by molar-refractivity contribution is -0.385. The summed E-state index contributed by atoms with van der Waals surface area (Å²) in [4.78, 5) is 22.9. The molecule has 0 heterocycles. The molecule has 2 aromatic carbocycles. The van der Waals surface area contributed by atoms with Crippen LogP contribution in [0.1, 0.15) is 42.5 Å². The third kappa shape index (κ3) is 4.60. The number of ether oxygens (including phenoxy) is 2. The van der Waals surface area contributed by atoms with Crippen molar-refractivity contribution in [3.8, 4) is 11.5 Å². The van der Waals surface area contributed by atoms with E-state index in [1.54, 1.807) is 6.07 Å². The number of nitro benzene ring substituents is 1. The Bertz CT molecular complexity index is 881. The lowest BCUT2D eigenvalue weighted by atomic mass is 9.89. The number of amides is 1. The van der Waals surface area contributed by atoms with Crippen LogP contribution in [0, 0.1) is 10.1 Å². The molecule has 0 radical (unpaired) electrons. The molecule has 7 nitrogen and oxygen atoms in total. The predicted molar refractivity (Wildman–Crippen MR) is 105 cm³/mol. The van der Waals surface area contributed by atoms with Gasteiger partial charge in [-0.3, -0.25) is 14.9 Å². The Morgan fingerprint density at radius 3 is 2.64 bits per heavy atom. The quantitative estimate of drug-likeness (QED) is 0.580. The van der Waals surface area contributed by atoms with Gasteiger partial charge in [0.25, 0.3) is 5.91 Å². The molecule has 1 aliphatic rings. The van der Waals surface area contributed by atoms with E-state index in [0.29, 0.717) is 5.75 Å². The number of nitrogens with zero attached hydrogens (tertiary/aromatic N) is 1. The molecule has 1 unspecified atom stereocenters. The van der Waals surface area contributed by atoms with E-state index >= 15 is 0 Å². The summed E-state index contributed by atoms with van der Waals surface area (Å²) in [6, 6.07) is 10.4. The monoisotopic (exact) mass is 384 g/mol. The first-order valence-corrected chi connectivity index (χ1v) is 9.34. The standard InChI is InChI=1S/C21H24N2O5/c1-14(16-8-7-15-5-3-4-6-17(15)11-16)22-21(24)13-28-20-10-9-18(27-2)12-19(20)23(25)26/h7-12,14H,3-6,13H2,1-2H3,(H,22,24). The van der Waals surface area contributed by atoms with Crippen LogP contribution in [0.4, 0.5) is 5.69 Å². The van der Waals surface area contributed by atoms with Crippen molar-refractivity contribution in [3.63, 3.8) is 0 Å². The average molecular weight is 384 g/mol. The molecule has 0 aliphatic heterocycles. The molecule has 0 saturated carbocycles. The lowest BCUT2D eigenvalue weighted by Gasteiger charge is -2.20. The van der Waals surface area contributed by atoms with Gasteiger partial charge in [0.1, 0.15) is 5.75 Å². The number of fused-ring (bicyclic) bond motifs is 1. The van der Waals surface area contributed by atoms with Crippen molar-refractivity contribution in [1.82, 2.24) is 5.32 Å². The topological polar surface area (TPSA) is 90.7 Å². The Balaban J connectivity index is 1.61. The fraction of sp³-hybridized carbons (Fsp3) is 0.381. The van der Waals surface area contributed by atoms with E-state index in [2.05, 4.69) is 17.4 Å². The minimum absolute atomic E-state index is 0.0300. The van der Waals surface area contributed by atoms with E-state index in [1.807, 2.05) is 13.0 Å². The molecular weight excluding hydrogens is 360 g/mol. The van der Waals surface area contributed by atoms with Crippen molar-refractivity contribution in [2.75, 3.05) is 13.7 Å². The maximum Gasteiger partial charge on any atom is 0.314 e. The smallest absolute Gasteiger partial charge is 0.314 e. The molecule has 1 atom stereocenters. The molecule has 28 heavy (non-hydrogen) atoms. The highest BCUT2D eigenvalue weighted by Crippen LogP contribution is 2.31. The Morgan fingerprint density at radius 1 is 1.18 bits per heavy atom. The van der Waals surface area contributed by atoms with Gasteiger partial charge >= 0.3 is 5.69 Å². The van der Waals surface area contributed by atoms with Gasteiger partial charge < -0.3 is 14.8 Å². The summed E-state index contributed by atoms with van der Waals surface area (Å²) in [5.41, 5.74) is 3.55. The van der Waals surface area contributed by atoms with Crippen molar-refractivity contribution >= 4 is 11.6 Å². The molecule has 0 saturated heterocycles. The van der Waals surface area contributed by atoms with Gasteiger partial charge in [-0.2, -0.15) is 0 Å². The number of aryl methyl sites for hydroxylation is 2. The molecule has 1 N–H and O–H groups in total. The van der Waals surface area contributed by atoms with Crippen LogP contribution in [0.5, 0.6) is 11.5 Å². The molecule has 7 heteroatoms. The van der Waals surface area contributed by atoms with Crippen LogP contribution in [0.15, 0.2) is 36.4 Å². The van der Waals surface area contributed by atoms with Crippen LogP contribution < -0.4 is 14.8 Å². The summed E-state index contributed by atoms with van der Waals surface area (Å²) in [6.45, 7) is 1.61. The highest BCUT2D eigenvalue weighted by Gasteiger charge is 2.19. The van der Waals surface area contributed by atoms with Crippen LogP contribution in [-0.2, 0) is 17.6 Å². The first-order chi connectivity index (χ1) is 13.5. The van der Waals surface area contributed by atoms with E-state index in [1.165, 1.54) is 43.2 Å². The molecule has 0 aromatic heterocycles. The highest BCUT2D eigenvalue weighted by atomic mass is 16.6. The number of carbonyl (C=O) groups excluding carboxylic acids is 1. The summed E-state index contributed by atoms with van der Waals surface area (Å²) in [5, 5.41) is 14.1. The molecule has 3 rings (SSSR count). The third-order valence-corrected chi connectivity index (χ3v) is 4.97. The van der Waals surface area contributed by atoms with E-state index in [0.717, 1.165) is 18.4 Å². The molecule has 0 fully saturated rings. The first kappa shape index (κ1) is 19.7. The van der Waals surface area contributed by atoms with Crippen molar-refractivity contribution in [1.29, 1.82) is 0 Å². The van der Waals surface area contributed by atoms with Crippen LogP contribution in [-0.4, -0.2) is 24.5 Å². The zero-order chi connectivity index (χ0) is 20.1. The van der Waals surface area contributed by atoms with Gasteiger partial charge in [-0.1, -0.05) is 18.2 Å². The number of nitro groups is 1. The molecule has 2 aromatic rings. The van der Waals surface area contributed by atoms with Crippen molar-refractivity contribution in [3.05, 3.63) is 63.2 Å². The fourth-order valence-corrected chi connectivity index (χ4v) is 3.42. The Hall–Kier alpha value is -3.09. The normalized spacial score (nSPS) is 13.9.